The van der Waals surface area contributed by atoms with Gasteiger partial charge in [-0.15, -0.1) is 11.3 Å². The SMILES string of the molecule is COc1ncc(-c2nc(N3CCOCC3)nc3c(CN4CCC(N5CCC[C@H]5CO)CC4)c(C)sc23)cc1NS(C)(=O)=O. The number of nitrogens with one attached hydrogen (secondary N) is 1. The fourth-order valence-electron chi connectivity index (χ4n) is 6.59. The van der Waals surface area contributed by atoms with Gasteiger partial charge >= 0.3 is 0 Å². The number of pyridine rings is 1. The summed E-state index contributed by atoms with van der Waals surface area (Å²) in [5.74, 6) is 0.833. The van der Waals surface area contributed by atoms with Crippen molar-refractivity contribution in [1.82, 2.24) is 24.8 Å². The van der Waals surface area contributed by atoms with Crippen LogP contribution in [0.5, 0.6) is 5.88 Å². The number of ether oxygens (including phenoxy) is 2. The molecule has 3 aromatic rings. The van der Waals surface area contributed by atoms with Crippen molar-refractivity contribution in [2.45, 2.75) is 51.2 Å². The number of aliphatic hydroxyl groups excluding tert-OH is 1. The van der Waals surface area contributed by atoms with Crippen LogP contribution in [0.15, 0.2) is 12.3 Å². The van der Waals surface area contributed by atoms with E-state index in [0.29, 0.717) is 49.9 Å². The second-order valence-corrected chi connectivity index (χ2v) is 14.6. The number of anilines is 2. The van der Waals surface area contributed by atoms with E-state index >= 15 is 0 Å². The number of sulfonamides is 1. The van der Waals surface area contributed by atoms with E-state index in [1.165, 1.54) is 24.0 Å². The summed E-state index contributed by atoms with van der Waals surface area (Å²) in [5.41, 5.74) is 3.82. The molecule has 3 saturated heterocycles. The Morgan fingerprint density at radius 1 is 1.14 bits per heavy atom. The van der Waals surface area contributed by atoms with Gasteiger partial charge in [-0.2, -0.15) is 0 Å². The Morgan fingerprint density at radius 2 is 1.91 bits per heavy atom. The highest BCUT2D eigenvalue weighted by Gasteiger charge is 2.33. The quantitative estimate of drug-likeness (QED) is 0.361. The Hall–Kier alpha value is -2.62. The average Bonchev–Trinajstić information content (AvgIpc) is 3.61. The Balaban J connectivity index is 1.34. The van der Waals surface area contributed by atoms with Gasteiger partial charge in [-0.05, 0) is 58.3 Å². The molecule has 0 spiro atoms. The van der Waals surface area contributed by atoms with Crippen LogP contribution >= 0.6 is 11.3 Å². The van der Waals surface area contributed by atoms with E-state index in [-0.39, 0.29) is 18.2 Å². The third kappa shape index (κ3) is 6.59. The normalized spacial score (nSPS) is 21.1. The van der Waals surface area contributed by atoms with Gasteiger partial charge < -0.3 is 19.5 Å². The van der Waals surface area contributed by atoms with Crippen LogP contribution in [0.25, 0.3) is 21.5 Å². The van der Waals surface area contributed by atoms with Crippen LogP contribution in [0.2, 0.25) is 0 Å². The Bertz CT molecular complexity index is 1550. The molecule has 3 fully saturated rings. The van der Waals surface area contributed by atoms with Gasteiger partial charge in [-0.3, -0.25) is 14.5 Å². The summed E-state index contributed by atoms with van der Waals surface area (Å²) in [4.78, 5) is 23.0. The first-order valence-electron chi connectivity index (χ1n) is 15.0. The van der Waals surface area contributed by atoms with Crippen LogP contribution in [0.1, 0.15) is 36.1 Å². The van der Waals surface area contributed by atoms with Gasteiger partial charge in [0, 0.05) is 53.9 Å². The number of likely N-dealkylation sites (tertiary alicyclic amines) is 2. The summed E-state index contributed by atoms with van der Waals surface area (Å²) in [7, 11) is -2.09. The predicted molar refractivity (Wildman–Crippen MR) is 169 cm³/mol. The number of hydrogen-bond donors (Lipinski definition) is 2. The number of hydrogen-bond acceptors (Lipinski definition) is 12. The van der Waals surface area contributed by atoms with E-state index in [2.05, 4.69) is 31.3 Å². The third-order valence-electron chi connectivity index (χ3n) is 8.77. The van der Waals surface area contributed by atoms with E-state index in [1.54, 1.807) is 23.6 Å². The summed E-state index contributed by atoms with van der Waals surface area (Å²) in [6.45, 7) is 8.94. The van der Waals surface area contributed by atoms with Crippen LogP contribution in [0.3, 0.4) is 0 Å². The number of aromatic nitrogens is 3. The zero-order valence-corrected chi connectivity index (χ0v) is 26.7. The Labute approximate surface area is 257 Å². The van der Waals surface area contributed by atoms with E-state index in [1.807, 2.05) is 0 Å². The average molecular weight is 632 g/mol. The molecule has 0 aliphatic carbocycles. The topological polar surface area (TPSA) is 133 Å². The summed E-state index contributed by atoms with van der Waals surface area (Å²) in [6.07, 6.45) is 7.25. The van der Waals surface area contributed by atoms with Crippen molar-refractivity contribution in [3.05, 3.63) is 22.7 Å². The largest absolute Gasteiger partial charge is 0.480 e. The number of nitrogens with zero attached hydrogens (tertiary/aromatic N) is 6. The molecule has 3 aromatic heterocycles. The van der Waals surface area contributed by atoms with E-state index in [0.717, 1.165) is 67.6 Å². The van der Waals surface area contributed by atoms with Crippen LogP contribution in [0, 0.1) is 6.92 Å². The number of thiophene rings is 1. The molecule has 234 valence electrons. The lowest BCUT2D eigenvalue weighted by molar-refractivity contribution is 0.0709. The number of fused-ring (bicyclic) bond motifs is 1. The molecule has 0 radical (unpaired) electrons. The first kappa shape index (κ1) is 30.4. The molecule has 3 aliphatic rings. The molecular weight excluding hydrogens is 590 g/mol. The number of rotatable bonds is 9. The second-order valence-electron chi connectivity index (χ2n) is 11.7. The zero-order chi connectivity index (χ0) is 30.1. The Morgan fingerprint density at radius 3 is 2.60 bits per heavy atom. The lowest BCUT2D eigenvalue weighted by Gasteiger charge is -2.39. The first-order chi connectivity index (χ1) is 20.7. The molecule has 0 bridgehead atoms. The standard InChI is InChI=1S/C29H41N7O5S2/c1-19-23(17-34-9-6-21(7-10-34)36-8-4-5-22(36)18-37)26-27(42-19)25(31-29(32-26)35-11-13-41-14-12-35)20-15-24(33-43(3,38)39)28(40-2)30-16-20/h15-16,21-22,33,37H,4-14,17-18H2,1-3H3/t22-/m0/s1. The molecule has 6 rings (SSSR count). The highest BCUT2D eigenvalue weighted by molar-refractivity contribution is 7.92. The molecule has 1 atom stereocenters. The maximum absolute atomic E-state index is 12.1. The van der Waals surface area contributed by atoms with Gasteiger partial charge in [0.15, 0.2) is 0 Å². The molecule has 0 saturated carbocycles. The van der Waals surface area contributed by atoms with Crippen molar-refractivity contribution < 1.29 is 23.0 Å². The van der Waals surface area contributed by atoms with Gasteiger partial charge in [-0.25, -0.2) is 23.4 Å². The van der Waals surface area contributed by atoms with E-state index in [4.69, 9.17) is 19.4 Å². The van der Waals surface area contributed by atoms with E-state index in [9.17, 15) is 13.5 Å². The number of methoxy groups -OCH3 is 1. The van der Waals surface area contributed by atoms with Gasteiger partial charge in [0.1, 0.15) is 5.69 Å². The Kier molecular flexibility index (Phi) is 9.04. The molecule has 12 nitrogen and oxygen atoms in total. The molecule has 0 amide bonds. The third-order valence-corrected chi connectivity index (χ3v) is 10.5. The number of piperidine rings is 1. The minimum Gasteiger partial charge on any atom is -0.480 e. The maximum Gasteiger partial charge on any atom is 0.238 e. The molecule has 2 N–H and O–H groups in total. The summed E-state index contributed by atoms with van der Waals surface area (Å²) in [5, 5.41) is 9.82. The van der Waals surface area contributed by atoms with Crippen molar-refractivity contribution in [1.29, 1.82) is 0 Å². The second kappa shape index (κ2) is 12.8. The van der Waals surface area contributed by atoms with E-state index < -0.39 is 10.0 Å². The predicted octanol–water partition coefficient (Wildman–Crippen LogP) is 2.70. The van der Waals surface area contributed by atoms with Gasteiger partial charge in [0.2, 0.25) is 21.9 Å². The maximum atomic E-state index is 12.1. The fourth-order valence-corrected chi connectivity index (χ4v) is 8.25. The van der Waals surface area contributed by atoms with Gasteiger partial charge in [-0.1, -0.05) is 0 Å². The zero-order valence-electron chi connectivity index (χ0n) is 25.1. The summed E-state index contributed by atoms with van der Waals surface area (Å²) >= 11 is 1.67. The molecule has 43 heavy (non-hydrogen) atoms. The summed E-state index contributed by atoms with van der Waals surface area (Å²) in [6, 6.07) is 2.58. The minimum absolute atomic E-state index is 0.193. The summed E-state index contributed by atoms with van der Waals surface area (Å²) < 4.78 is 38.6. The van der Waals surface area contributed by atoms with Crippen molar-refractivity contribution in [2.24, 2.45) is 0 Å². The molecule has 6 heterocycles. The number of aryl methyl sites for hydroxylation is 1. The molecule has 3 aliphatic heterocycles. The molecule has 14 heteroatoms. The molecular formula is C29H41N7O5S2. The number of morpholine rings is 1. The fraction of sp³-hybridized carbons (Fsp3) is 0.621. The van der Waals surface area contributed by atoms with Crippen LogP contribution < -0.4 is 14.4 Å². The lowest BCUT2D eigenvalue weighted by atomic mass is 10.0. The van der Waals surface area contributed by atoms with Crippen LogP contribution in [-0.2, 0) is 21.3 Å². The highest BCUT2D eigenvalue weighted by atomic mass is 32.2. The van der Waals surface area contributed by atoms with Crippen molar-refractivity contribution >= 4 is 43.2 Å². The smallest absolute Gasteiger partial charge is 0.238 e. The van der Waals surface area contributed by atoms with Crippen molar-refractivity contribution in [2.75, 3.05) is 75.5 Å². The van der Waals surface area contributed by atoms with Crippen LogP contribution in [-0.4, -0.2) is 116 Å². The number of aliphatic hydroxyl groups is 1. The first-order valence-corrected chi connectivity index (χ1v) is 17.7. The molecule has 0 unspecified atom stereocenters. The highest BCUT2D eigenvalue weighted by Crippen LogP contribution is 2.40. The minimum atomic E-state index is -3.55. The molecule has 0 aromatic carbocycles. The monoisotopic (exact) mass is 631 g/mol. The van der Waals surface area contributed by atoms with Crippen molar-refractivity contribution in [3.63, 3.8) is 0 Å². The lowest BCUT2D eigenvalue weighted by Crippen LogP contribution is -2.47. The van der Waals surface area contributed by atoms with Gasteiger partial charge in [0.05, 0.1) is 49.1 Å². The van der Waals surface area contributed by atoms with Gasteiger partial charge in [0.25, 0.3) is 0 Å². The van der Waals surface area contributed by atoms with Crippen LogP contribution in [0.4, 0.5) is 11.6 Å². The van der Waals surface area contributed by atoms with Crippen molar-refractivity contribution in [3.8, 4) is 17.1 Å².